The highest BCUT2D eigenvalue weighted by molar-refractivity contribution is 5.86. The van der Waals surface area contributed by atoms with Crippen molar-refractivity contribution in [2.45, 2.75) is 0 Å². The molecule has 30 heavy (non-hydrogen) atoms. The molecule has 0 spiro atoms. The molecule has 2 atom stereocenters. The maximum Gasteiger partial charge on any atom is 0.311 e. The van der Waals surface area contributed by atoms with Crippen LogP contribution in [0, 0.1) is 11.8 Å². The minimum absolute atomic E-state index is 0.136. The molecular formula is C23H21NO6. The van der Waals surface area contributed by atoms with E-state index in [2.05, 4.69) is 0 Å². The summed E-state index contributed by atoms with van der Waals surface area (Å²) in [6.07, 6.45) is 0. The molecule has 0 saturated carbocycles. The highest BCUT2D eigenvalue weighted by atomic mass is 16.5. The number of esters is 2. The maximum absolute atomic E-state index is 12.6. The van der Waals surface area contributed by atoms with E-state index in [4.69, 9.17) is 13.9 Å². The van der Waals surface area contributed by atoms with Crippen LogP contribution in [-0.4, -0.2) is 39.2 Å². The zero-order chi connectivity index (χ0) is 21.3. The monoisotopic (exact) mass is 407 g/mol. The van der Waals surface area contributed by atoms with Crippen LogP contribution in [0.25, 0.3) is 22.3 Å². The smallest absolute Gasteiger partial charge is 0.311 e. The lowest BCUT2D eigenvalue weighted by atomic mass is 9.96. The first-order valence-corrected chi connectivity index (χ1v) is 9.56. The summed E-state index contributed by atoms with van der Waals surface area (Å²) in [6.45, 7) is 0.586. The summed E-state index contributed by atoms with van der Waals surface area (Å²) >= 11 is 0. The number of methoxy groups -OCH3 is 2. The summed E-state index contributed by atoms with van der Waals surface area (Å²) < 4.78 is 15.8. The summed E-state index contributed by atoms with van der Waals surface area (Å²) in [6, 6.07) is 16.0. The summed E-state index contributed by atoms with van der Waals surface area (Å²) in [5.41, 5.74) is 1.82. The van der Waals surface area contributed by atoms with Gasteiger partial charge in [-0.2, -0.15) is 0 Å². The molecule has 1 aromatic heterocycles. The van der Waals surface area contributed by atoms with Crippen LogP contribution in [0.3, 0.4) is 0 Å². The Morgan fingerprint density at radius 1 is 0.933 bits per heavy atom. The number of carbonyl (C=O) groups is 2. The number of para-hydroxylation sites is 2. The Balaban J connectivity index is 1.77. The lowest BCUT2D eigenvalue weighted by Crippen LogP contribution is -2.30. The van der Waals surface area contributed by atoms with Crippen LogP contribution in [0.1, 0.15) is 0 Å². The van der Waals surface area contributed by atoms with E-state index in [0.29, 0.717) is 35.4 Å². The molecule has 0 aliphatic carbocycles. The van der Waals surface area contributed by atoms with Crippen LogP contribution in [0.15, 0.2) is 63.8 Å². The fourth-order valence-electron chi connectivity index (χ4n) is 3.98. The van der Waals surface area contributed by atoms with Gasteiger partial charge in [0, 0.05) is 30.4 Å². The van der Waals surface area contributed by atoms with Crippen molar-refractivity contribution >= 4 is 28.6 Å². The molecule has 1 aliphatic heterocycles. The van der Waals surface area contributed by atoms with Gasteiger partial charge in [0.1, 0.15) is 11.3 Å². The summed E-state index contributed by atoms with van der Waals surface area (Å²) in [7, 11) is 2.61. The van der Waals surface area contributed by atoms with Crippen LogP contribution in [0.2, 0.25) is 0 Å². The summed E-state index contributed by atoms with van der Waals surface area (Å²) in [5.74, 6) is -1.77. The van der Waals surface area contributed by atoms with Crippen molar-refractivity contribution in [2.75, 3.05) is 32.2 Å². The SMILES string of the molecule is COC(=O)[C@@H]1CN(c2ccccc2-c2cc(=O)c3ccccc3o2)C[C@H]1C(=O)OC. The fourth-order valence-corrected chi connectivity index (χ4v) is 3.98. The molecule has 7 heteroatoms. The van der Waals surface area contributed by atoms with E-state index in [9.17, 15) is 14.4 Å². The molecule has 2 heterocycles. The first kappa shape index (κ1) is 19.7. The van der Waals surface area contributed by atoms with Crippen molar-refractivity contribution in [3.05, 3.63) is 64.8 Å². The molecule has 0 bridgehead atoms. The van der Waals surface area contributed by atoms with Gasteiger partial charge in [0.25, 0.3) is 0 Å². The maximum atomic E-state index is 12.6. The second-order valence-corrected chi connectivity index (χ2v) is 7.15. The Labute approximate surface area is 172 Å². The quantitative estimate of drug-likeness (QED) is 0.615. The van der Waals surface area contributed by atoms with Crippen LogP contribution in [0.5, 0.6) is 0 Å². The molecule has 1 fully saturated rings. The topological polar surface area (TPSA) is 86.0 Å². The molecule has 4 rings (SSSR count). The molecule has 0 radical (unpaired) electrons. The van der Waals surface area contributed by atoms with Gasteiger partial charge >= 0.3 is 11.9 Å². The largest absolute Gasteiger partial charge is 0.469 e. The molecule has 154 valence electrons. The Hall–Kier alpha value is -3.61. The lowest BCUT2D eigenvalue weighted by molar-refractivity contribution is -0.155. The number of fused-ring (bicyclic) bond motifs is 1. The van der Waals surface area contributed by atoms with E-state index < -0.39 is 23.8 Å². The zero-order valence-electron chi connectivity index (χ0n) is 16.7. The predicted molar refractivity (Wildman–Crippen MR) is 111 cm³/mol. The van der Waals surface area contributed by atoms with Crippen LogP contribution < -0.4 is 10.3 Å². The molecule has 1 aliphatic rings. The fraction of sp³-hybridized carbons (Fsp3) is 0.261. The van der Waals surface area contributed by atoms with Crippen molar-refractivity contribution < 1.29 is 23.5 Å². The van der Waals surface area contributed by atoms with Crippen molar-refractivity contribution in [1.29, 1.82) is 0 Å². The summed E-state index contributed by atoms with van der Waals surface area (Å²) in [5, 5.41) is 0.511. The van der Waals surface area contributed by atoms with Gasteiger partial charge in [-0.25, -0.2) is 0 Å². The van der Waals surface area contributed by atoms with Gasteiger partial charge in [-0.15, -0.1) is 0 Å². The minimum Gasteiger partial charge on any atom is -0.469 e. The number of carbonyl (C=O) groups excluding carboxylic acids is 2. The molecule has 2 aromatic carbocycles. The molecular weight excluding hydrogens is 386 g/mol. The third-order valence-electron chi connectivity index (χ3n) is 5.47. The van der Waals surface area contributed by atoms with Crippen LogP contribution in [-0.2, 0) is 19.1 Å². The zero-order valence-corrected chi connectivity index (χ0v) is 16.7. The van der Waals surface area contributed by atoms with Gasteiger partial charge in [0.05, 0.1) is 31.4 Å². The number of hydrogen-bond donors (Lipinski definition) is 0. The molecule has 1 saturated heterocycles. The molecule has 3 aromatic rings. The van der Waals surface area contributed by atoms with Crippen molar-refractivity contribution in [3.63, 3.8) is 0 Å². The van der Waals surface area contributed by atoms with Crippen molar-refractivity contribution in [3.8, 4) is 11.3 Å². The van der Waals surface area contributed by atoms with Crippen molar-refractivity contribution in [1.82, 2.24) is 0 Å². The minimum atomic E-state index is -0.640. The second kappa shape index (κ2) is 8.02. The van der Waals surface area contributed by atoms with E-state index in [1.165, 1.54) is 20.3 Å². The highest BCUT2D eigenvalue weighted by Crippen LogP contribution is 2.36. The molecule has 0 N–H and O–H groups in total. The number of nitrogens with zero attached hydrogens (tertiary/aromatic N) is 1. The second-order valence-electron chi connectivity index (χ2n) is 7.15. The van der Waals surface area contributed by atoms with Gasteiger partial charge < -0.3 is 18.8 Å². The van der Waals surface area contributed by atoms with E-state index in [0.717, 1.165) is 5.69 Å². The van der Waals surface area contributed by atoms with Gasteiger partial charge in [0.2, 0.25) is 0 Å². The molecule has 7 nitrogen and oxygen atoms in total. The lowest BCUT2D eigenvalue weighted by Gasteiger charge is -2.21. The van der Waals surface area contributed by atoms with E-state index >= 15 is 0 Å². The van der Waals surface area contributed by atoms with Crippen LogP contribution >= 0.6 is 0 Å². The van der Waals surface area contributed by atoms with Gasteiger partial charge in [-0.1, -0.05) is 24.3 Å². The van der Waals surface area contributed by atoms with E-state index in [-0.39, 0.29) is 5.43 Å². The molecule has 0 unspecified atom stereocenters. The first-order chi connectivity index (χ1) is 14.5. The third kappa shape index (κ3) is 3.43. The van der Waals surface area contributed by atoms with Gasteiger partial charge in [0.15, 0.2) is 5.43 Å². The number of benzene rings is 2. The normalized spacial score (nSPS) is 18.4. The number of ether oxygens (including phenoxy) is 2. The number of hydrogen-bond acceptors (Lipinski definition) is 7. The van der Waals surface area contributed by atoms with Crippen LogP contribution in [0.4, 0.5) is 5.69 Å². The highest BCUT2D eigenvalue weighted by Gasteiger charge is 2.44. The average molecular weight is 407 g/mol. The molecule has 0 amide bonds. The Bertz CT molecular complexity index is 1140. The number of anilines is 1. The number of rotatable bonds is 4. The average Bonchev–Trinajstić information content (AvgIpc) is 3.23. The first-order valence-electron chi connectivity index (χ1n) is 9.56. The Morgan fingerprint density at radius 2 is 1.53 bits per heavy atom. The van der Waals surface area contributed by atoms with Crippen molar-refractivity contribution in [2.24, 2.45) is 11.8 Å². The Kier molecular flexibility index (Phi) is 5.27. The third-order valence-corrected chi connectivity index (χ3v) is 5.47. The van der Waals surface area contributed by atoms with Gasteiger partial charge in [-0.3, -0.25) is 14.4 Å². The van der Waals surface area contributed by atoms with E-state index in [1.54, 1.807) is 18.2 Å². The standard InChI is InChI=1S/C23H21NO6/c1-28-22(26)16-12-24(13-17(16)23(27)29-2)18-9-5-3-7-14(18)21-11-19(25)15-8-4-6-10-20(15)30-21/h3-11,16-17H,12-13H2,1-2H3/t16-,17-/m1/s1. The Morgan fingerprint density at radius 3 is 2.20 bits per heavy atom. The van der Waals surface area contributed by atoms with Gasteiger partial charge in [-0.05, 0) is 24.3 Å². The van der Waals surface area contributed by atoms with E-state index in [1.807, 2.05) is 35.2 Å². The summed E-state index contributed by atoms with van der Waals surface area (Å²) in [4.78, 5) is 39.0. The predicted octanol–water partition coefficient (Wildman–Crippen LogP) is 2.86.